The van der Waals surface area contributed by atoms with Crippen molar-refractivity contribution in [1.29, 1.82) is 0 Å². The van der Waals surface area contributed by atoms with Gasteiger partial charge in [0, 0.05) is 43.8 Å². The van der Waals surface area contributed by atoms with Gasteiger partial charge in [-0.25, -0.2) is 4.98 Å². The van der Waals surface area contributed by atoms with E-state index in [0.717, 1.165) is 24.3 Å². The zero-order chi connectivity index (χ0) is 13.7. The summed E-state index contributed by atoms with van der Waals surface area (Å²) in [7, 11) is 2.05. The van der Waals surface area contributed by atoms with Crippen molar-refractivity contribution in [2.45, 2.75) is 19.4 Å². The molecule has 4 heteroatoms. The molecule has 2 aromatic rings. The van der Waals surface area contributed by atoms with E-state index < -0.39 is 0 Å². The van der Waals surface area contributed by atoms with Gasteiger partial charge in [-0.2, -0.15) is 0 Å². The normalized spacial score (nSPS) is 12.2. The molecule has 0 aliphatic heterocycles. The summed E-state index contributed by atoms with van der Waals surface area (Å²) in [5.74, 6) is 0.964. The fourth-order valence-electron chi connectivity index (χ4n) is 2.04. The topological polar surface area (TPSA) is 55.0 Å². The van der Waals surface area contributed by atoms with Crippen molar-refractivity contribution in [3.8, 4) is 0 Å². The van der Waals surface area contributed by atoms with Crippen LogP contribution >= 0.6 is 0 Å². The van der Waals surface area contributed by atoms with Crippen LogP contribution in [0.1, 0.15) is 24.1 Å². The van der Waals surface area contributed by atoms with Crippen LogP contribution in [-0.4, -0.2) is 23.6 Å². The number of aromatic nitrogens is 2. The third kappa shape index (κ3) is 3.51. The SMILES string of the molecule is CC(N)c1cccnc1N(C)CCc1ccncc1. The molecule has 0 aliphatic carbocycles. The van der Waals surface area contributed by atoms with Gasteiger partial charge < -0.3 is 10.6 Å². The fourth-order valence-corrected chi connectivity index (χ4v) is 2.04. The highest BCUT2D eigenvalue weighted by Crippen LogP contribution is 2.21. The van der Waals surface area contributed by atoms with Crippen LogP contribution in [0.4, 0.5) is 5.82 Å². The van der Waals surface area contributed by atoms with E-state index in [0.29, 0.717) is 0 Å². The van der Waals surface area contributed by atoms with Gasteiger partial charge in [-0.3, -0.25) is 4.98 Å². The maximum absolute atomic E-state index is 5.98. The molecule has 0 aliphatic rings. The first-order valence-corrected chi connectivity index (χ1v) is 6.49. The van der Waals surface area contributed by atoms with Gasteiger partial charge >= 0.3 is 0 Å². The summed E-state index contributed by atoms with van der Waals surface area (Å²) in [5, 5.41) is 0. The molecule has 2 heterocycles. The number of anilines is 1. The lowest BCUT2D eigenvalue weighted by molar-refractivity contribution is 0.783. The van der Waals surface area contributed by atoms with Crippen LogP contribution in [0, 0.1) is 0 Å². The lowest BCUT2D eigenvalue weighted by atomic mass is 10.1. The van der Waals surface area contributed by atoms with Gasteiger partial charge in [0.15, 0.2) is 0 Å². The number of hydrogen-bond acceptors (Lipinski definition) is 4. The first-order chi connectivity index (χ1) is 9.18. The Labute approximate surface area is 114 Å². The highest BCUT2D eigenvalue weighted by molar-refractivity contribution is 5.47. The van der Waals surface area contributed by atoms with E-state index >= 15 is 0 Å². The predicted octanol–water partition coefficient (Wildman–Crippen LogP) is 2.18. The Morgan fingerprint density at radius 2 is 1.95 bits per heavy atom. The molecule has 0 amide bonds. The van der Waals surface area contributed by atoms with Gasteiger partial charge in [-0.05, 0) is 37.1 Å². The van der Waals surface area contributed by atoms with Crippen molar-refractivity contribution in [3.63, 3.8) is 0 Å². The van der Waals surface area contributed by atoms with Crippen LogP contribution < -0.4 is 10.6 Å². The number of hydrogen-bond donors (Lipinski definition) is 1. The monoisotopic (exact) mass is 256 g/mol. The van der Waals surface area contributed by atoms with E-state index in [4.69, 9.17) is 5.73 Å². The third-order valence-corrected chi connectivity index (χ3v) is 3.15. The minimum Gasteiger partial charge on any atom is -0.359 e. The Bertz CT molecular complexity index is 511. The van der Waals surface area contributed by atoms with Crippen LogP contribution in [0.25, 0.3) is 0 Å². The van der Waals surface area contributed by atoms with E-state index in [-0.39, 0.29) is 6.04 Å². The van der Waals surface area contributed by atoms with E-state index in [2.05, 4.69) is 21.9 Å². The summed E-state index contributed by atoms with van der Waals surface area (Å²) in [5.41, 5.74) is 8.35. The second kappa shape index (κ2) is 6.29. The minimum absolute atomic E-state index is 0.00734. The average molecular weight is 256 g/mol. The summed E-state index contributed by atoms with van der Waals surface area (Å²) < 4.78 is 0. The molecular formula is C15H20N4. The molecule has 2 aromatic heterocycles. The Hall–Kier alpha value is -1.94. The Morgan fingerprint density at radius 1 is 1.21 bits per heavy atom. The van der Waals surface area contributed by atoms with Crippen LogP contribution in [0.15, 0.2) is 42.9 Å². The molecule has 2 N–H and O–H groups in total. The molecule has 0 fully saturated rings. The lowest BCUT2D eigenvalue weighted by Crippen LogP contribution is -2.24. The maximum Gasteiger partial charge on any atom is 0.133 e. The first-order valence-electron chi connectivity index (χ1n) is 6.49. The van der Waals surface area contributed by atoms with E-state index in [9.17, 15) is 0 Å². The number of rotatable bonds is 5. The van der Waals surface area contributed by atoms with Crippen LogP contribution in [-0.2, 0) is 6.42 Å². The van der Waals surface area contributed by atoms with Crippen molar-refractivity contribution < 1.29 is 0 Å². The van der Waals surface area contributed by atoms with Gasteiger partial charge in [0.25, 0.3) is 0 Å². The predicted molar refractivity (Wildman–Crippen MR) is 78.1 cm³/mol. The van der Waals surface area contributed by atoms with Gasteiger partial charge in [0.1, 0.15) is 5.82 Å². The molecule has 0 aromatic carbocycles. The molecule has 1 unspecified atom stereocenters. The first kappa shape index (κ1) is 13.5. The minimum atomic E-state index is -0.00734. The highest BCUT2D eigenvalue weighted by Gasteiger charge is 2.11. The molecule has 4 nitrogen and oxygen atoms in total. The summed E-state index contributed by atoms with van der Waals surface area (Å²) in [6.07, 6.45) is 6.42. The summed E-state index contributed by atoms with van der Waals surface area (Å²) in [6, 6.07) is 8.04. The van der Waals surface area contributed by atoms with E-state index in [1.807, 2.05) is 49.8 Å². The van der Waals surface area contributed by atoms with Gasteiger partial charge in [-0.1, -0.05) is 6.07 Å². The zero-order valence-electron chi connectivity index (χ0n) is 11.5. The molecule has 0 spiro atoms. The van der Waals surface area contributed by atoms with Gasteiger partial charge in [0.05, 0.1) is 0 Å². The summed E-state index contributed by atoms with van der Waals surface area (Å²) in [4.78, 5) is 10.6. The Balaban J connectivity index is 2.06. The highest BCUT2D eigenvalue weighted by atomic mass is 15.2. The average Bonchev–Trinajstić information content (AvgIpc) is 2.46. The number of nitrogens with two attached hydrogens (primary N) is 1. The molecule has 100 valence electrons. The standard InChI is InChI=1S/C15H20N4/c1-12(16)14-4-3-8-18-15(14)19(2)11-7-13-5-9-17-10-6-13/h3-6,8-10,12H,7,11,16H2,1-2H3. The summed E-state index contributed by atoms with van der Waals surface area (Å²) in [6.45, 7) is 2.89. The van der Waals surface area contributed by atoms with Crippen molar-refractivity contribution in [3.05, 3.63) is 54.0 Å². The largest absolute Gasteiger partial charge is 0.359 e. The van der Waals surface area contributed by atoms with Gasteiger partial charge in [-0.15, -0.1) is 0 Å². The molecule has 0 radical (unpaired) electrons. The summed E-state index contributed by atoms with van der Waals surface area (Å²) >= 11 is 0. The van der Waals surface area contributed by atoms with Crippen LogP contribution in [0.5, 0.6) is 0 Å². The Morgan fingerprint density at radius 3 is 2.63 bits per heavy atom. The quantitative estimate of drug-likeness (QED) is 0.891. The van der Waals surface area contributed by atoms with E-state index in [1.54, 1.807) is 0 Å². The van der Waals surface area contributed by atoms with Crippen LogP contribution in [0.3, 0.4) is 0 Å². The third-order valence-electron chi connectivity index (χ3n) is 3.15. The smallest absolute Gasteiger partial charge is 0.133 e. The molecule has 19 heavy (non-hydrogen) atoms. The lowest BCUT2D eigenvalue weighted by Gasteiger charge is -2.22. The van der Waals surface area contributed by atoms with Gasteiger partial charge in [0.2, 0.25) is 0 Å². The van der Waals surface area contributed by atoms with E-state index in [1.165, 1.54) is 5.56 Å². The van der Waals surface area contributed by atoms with Crippen molar-refractivity contribution >= 4 is 5.82 Å². The van der Waals surface area contributed by atoms with Crippen molar-refractivity contribution in [2.75, 3.05) is 18.5 Å². The fraction of sp³-hybridized carbons (Fsp3) is 0.333. The number of nitrogens with zero attached hydrogens (tertiary/aromatic N) is 3. The molecule has 0 saturated heterocycles. The number of likely N-dealkylation sites (N-methyl/N-ethyl adjacent to an activating group) is 1. The molecule has 2 rings (SSSR count). The maximum atomic E-state index is 5.98. The molecule has 1 atom stereocenters. The van der Waals surface area contributed by atoms with Crippen LogP contribution in [0.2, 0.25) is 0 Å². The molecular weight excluding hydrogens is 236 g/mol. The van der Waals surface area contributed by atoms with Crippen molar-refractivity contribution in [2.24, 2.45) is 5.73 Å². The van der Waals surface area contributed by atoms with Crippen molar-refractivity contribution in [1.82, 2.24) is 9.97 Å². The second-order valence-electron chi connectivity index (χ2n) is 4.73. The molecule has 0 bridgehead atoms. The second-order valence-corrected chi connectivity index (χ2v) is 4.73. The Kier molecular flexibility index (Phi) is 4.47. The number of pyridine rings is 2. The molecule has 0 saturated carbocycles. The zero-order valence-corrected chi connectivity index (χ0v) is 11.5.